The molecule has 1 atom stereocenters. The zero-order valence-electron chi connectivity index (χ0n) is 12.0. The van der Waals surface area contributed by atoms with E-state index in [1.54, 1.807) is 0 Å². The monoisotopic (exact) mass is 250 g/mol. The van der Waals surface area contributed by atoms with E-state index < -0.39 is 0 Å². The predicted octanol–water partition coefficient (Wildman–Crippen LogP) is 2.31. The zero-order valence-corrected chi connectivity index (χ0v) is 12.0. The summed E-state index contributed by atoms with van der Waals surface area (Å²) in [7, 11) is 2.04. The second-order valence-electron chi connectivity index (χ2n) is 4.95. The number of aliphatic hydroxyl groups excluding tert-OH is 1. The minimum atomic E-state index is 0.137. The van der Waals surface area contributed by atoms with Crippen LogP contribution >= 0.6 is 0 Å². The fourth-order valence-electron chi connectivity index (χ4n) is 1.96. The first kappa shape index (κ1) is 15.0. The van der Waals surface area contributed by atoms with Gasteiger partial charge in [0.05, 0.1) is 6.61 Å². The number of benzene rings is 1. The van der Waals surface area contributed by atoms with Gasteiger partial charge in [0.15, 0.2) is 0 Å². The van der Waals surface area contributed by atoms with Crippen LogP contribution in [0.3, 0.4) is 0 Å². The summed E-state index contributed by atoms with van der Waals surface area (Å²) < 4.78 is 0. The van der Waals surface area contributed by atoms with Crippen LogP contribution in [0.25, 0.3) is 0 Å². The smallest absolute Gasteiger partial charge is 0.0632 e. The van der Waals surface area contributed by atoms with E-state index in [1.165, 1.54) is 16.8 Å². The van der Waals surface area contributed by atoms with Crippen LogP contribution in [0, 0.1) is 6.92 Å². The topological polar surface area (TPSA) is 35.5 Å². The molecule has 0 saturated carbocycles. The van der Waals surface area contributed by atoms with Crippen molar-refractivity contribution in [2.75, 3.05) is 25.1 Å². The zero-order chi connectivity index (χ0) is 13.5. The van der Waals surface area contributed by atoms with Gasteiger partial charge in [-0.1, -0.05) is 24.6 Å². The molecule has 0 aliphatic heterocycles. The Hall–Kier alpha value is -1.06. The standard InChI is InChI=1S/C15H26N2O/c1-5-8-16-10-14-9-12(2)6-7-15(14)17(4)13(3)11-18/h6-7,9,13,16,18H,5,8,10-11H2,1-4H3. The summed E-state index contributed by atoms with van der Waals surface area (Å²) in [6.07, 6.45) is 1.14. The van der Waals surface area contributed by atoms with Gasteiger partial charge < -0.3 is 15.3 Å². The molecule has 0 aliphatic carbocycles. The van der Waals surface area contributed by atoms with Gasteiger partial charge >= 0.3 is 0 Å². The normalized spacial score (nSPS) is 12.5. The summed E-state index contributed by atoms with van der Waals surface area (Å²) in [5.74, 6) is 0. The fourth-order valence-corrected chi connectivity index (χ4v) is 1.96. The van der Waals surface area contributed by atoms with Gasteiger partial charge in [-0.3, -0.25) is 0 Å². The second-order valence-corrected chi connectivity index (χ2v) is 4.95. The number of hydrogen-bond donors (Lipinski definition) is 2. The van der Waals surface area contributed by atoms with E-state index in [0.717, 1.165) is 19.5 Å². The molecule has 1 aromatic carbocycles. The molecule has 0 aromatic heterocycles. The minimum absolute atomic E-state index is 0.137. The molecule has 1 unspecified atom stereocenters. The Balaban J connectivity index is 2.88. The summed E-state index contributed by atoms with van der Waals surface area (Å²) in [5.41, 5.74) is 3.77. The third-order valence-electron chi connectivity index (χ3n) is 3.28. The average molecular weight is 250 g/mol. The molecule has 102 valence electrons. The summed E-state index contributed by atoms with van der Waals surface area (Å²) in [6.45, 7) is 8.40. The molecule has 0 heterocycles. The van der Waals surface area contributed by atoms with Crippen molar-refractivity contribution in [3.8, 4) is 0 Å². The lowest BCUT2D eigenvalue weighted by molar-refractivity contribution is 0.270. The molecule has 2 N–H and O–H groups in total. The molecule has 0 amide bonds. The van der Waals surface area contributed by atoms with Crippen LogP contribution in [-0.4, -0.2) is 31.3 Å². The van der Waals surface area contributed by atoms with E-state index in [2.05, 4.69) is 42.3 Å². The quantitative estimate of drug-likeness (QED) is 0.729. The van der Waals surface area contributed by atoms with Crippen LogP contribution in [0.5, 0.6) is 0 Å². The third-order valence-corrected chi connectivity index (χ3v) is 3.28. The van der Waals surface area contributed by atoms with Crippen molar-refractivity contribution in [1.29, 1.82) is 0 Å². The second kappa shape index (κ2) is 7.39. The van der Waals surface area contributed by atoms with Gasteiger partial charge in [-0.2, -0.15) is 0 Å². The van der Waals surface area contributed by atoms with Crippen LogP contribution < -0.4 is 10.2 Å². The van der Waals surface area contributed by atoms with Crippen molar-refractivity contribution in [2.45, 2.75) is 39.8 Å². The van der Waals surface area contributed by atoms with Crippen LogP contribution in [0.15, 0.2) is 18.2 Å². The molecular formula is C15H26N2O. The Morgan fingerprint density at radius 3 is 2.72 bits per heavy atom. The van der Waals surface area contributed by atoms with E-state index in [4.69, 9.17) is 0 Å². The Labute approximate surface area is 111 Å². The average Bonchev–Trinajstić information content (AvgIpc) is 2.37. The van der Waals surface area contributed by atoms with E-state index in [9.17, 15) is 5.11 Å². The lowest BCUT2D eigenvalue weighted by atomic mass is 10.1. The van der Waals surface area contributed by atoms with Crippen LogP contribution in [0.2, 0.25) is 0 Å². The summed E-state index contributed by atoms with van der Waals surface area (Å²) in [4.78, 5) is 2.14. The Morgan fingerprint density at radius 1 is 1.39 bits per heavy atom. The van der Waals surface area contributed by atoms with Gasteiger partial charge in [0.2, 0.25) is 0 Å². The molecule has 1 rings (SSSR count). The first-order valence-corrected chi connectivity index (χ1v) is 6.74. The van der Waals surface area contributed by atoms with Crippen molar-refractivity contribution in [2.24, 2.45) is 0 Å². The lowest BCUT2D eigenvalue weighted by Gasteiger charge is -2.28. The number of hydrogen-bond acceptors (Lipinski definition) is 3. The van der Waals surface area contributed by atoms with Gasteiger partial charge in [-0.05, 0) is 38.4 Å². The van der Waals surface area contributed by atoms with Crippen molar-refractivity contribution in [3.05, 3.63) is 29.3 Å². The highest BCUT2D eigenvalue weighted by atomic mass is 16.3. The SMILES string of the molecule is CCCNCc1cc(C)ccc1N(C)C(C)CO. The number of nitrogens with one attached hydrogen (secondary N) is 1. The summed E-state index contributed by atoms with van der Waals surface area (Å²) >= 11 is 0. The fraction of sp³-hybridized carbons (Fsp3) is 0.600. The van der Waals surface area contributed by atoms with Gasteiger partial charge in [0, 0.05) is 25.3 Å². The Morgan fingerprint density at radius 2 is 2.11 bits per heavy atom. The van der Waals surface area contributed by atoms with E-state index in [-0.39, 0.29) is 12.6 Å². The van der Waals surface area contributed by atoms with Crippen molar-refractivity contribution >= 4 is 5.69 Å². The highest BCUT2D eigenvalue weighted by Gasteiger charge is 2.12. The molecule has 0 bridgehead atoms. The first-order valence-electron chi connectivity index (χ1n) is 6.74. The van der Waals surface area contributed by atoms with Gasteiger partial charge in [-0.25, -0.2) is 0 Å². The van der Waals surface area contributed by atoms with Gasteiger partial charge in [-0.15, -0.1) is 0 Å². The predicted molar refractivity (Wildman–Crippen MR) is 78.1 cm³/mol. The van der Waals surface area contributed by atoms with Crippen LogP contribution in [-0.2, 0) is 6.54 Å². The lowest BCUT2D eigenvalue weighted by Crippen LogP contribution is -2.33. The minimum Gasteiger partial charge on any atom is -0.394 e. The summed E-state index contributed by atoms with van der Waals surface area (Å²) in [6, 6.07) is 6.63. The Kier molecular flexibility index (Phi) is 6.16. The van der Waals surface area contributed by atoms with Crippen LogP contribution in [0.1, 0.15) is 31.4 Å². The summed E-state index contributed by atoms with van der Waals surface area (Å²) in [5, 5.41) is 12.7. The van der Waals surface area contributed by atoms with Crippen LogP contribution in [0.4, 0.5) is 5.69 Å². The van der Waals surface area contributed by atoms with E-state index in [0.29, 0.717) is 0 Å². The van der Waals surface area contributed by atoms with Crippen molar-refractivity contribution < 1.29 is 5.11 Å². The molecule has 0 fully saturated rings. The molecule has 18 heavy (non-hydrogen) atoms. The molecule has 3 nitrogen and oxygen atoms in total. The molecule has 0 spiro atoms. The largest absolute Gasteiger partial charge is 0.394 e. The number of anilines is 1. The van der Waals surface area contributed by atoms with Gasteiger partial charge in [0.25, 0.3) is 0 Å². The molecule has 3 heteroatoms. The maximum Gasteiger partial charge on any atom is 0.0632 e. The van der Waals surface area contributed by atoms with Gasteiger partial charge in [0.1, 0.15) is 0 Å². The Bertz CT molecular complexity index is 366. The van der Waals surface area contributed by atoms with E-state index >= 15 is 0 Å². The molecule has 1 aromatic rings. The number of aryl methyl sites for hydroxylation is 1. The maximum absolute atomic E-state index is 9.27. The molecular weight excluding hydrogens is 224 g/mol. The van der Waals surface area contributed by atoms with E-state index in [1.807, 2.05) is 14.0 Å². The van der Waals surface area contributed by atoms with Crippen molar-refractivity contribution in [3.63, 3.8) is 0 Å². The third kappa shape index (κ3) is 4.00. The number of nitrogens with zero attached hydrogens (tertiary/aromatic N) is 1. The van der Waals surface area contributed by atoms with Crippen molar-refractivity contribution in [1.82, 2.24) is 5.32 Å². The first-order chi connectivity index (χ1) is 8.60. The molecule has 0 radical (unpaired) electrons. The maximum atomic E-state index is 9.27. The molecule has 0 saturated heterocycles. The highest BCUT2D eigenvalue weighted by molar-refractivity contribution is 5.55. The molecule has 0 aliphatic rings. The number of likely N-dealkylation sites (N-methyl/N-ethyl adjacent to an activating group) is 1. The highest BCUT2D eigenvalue weighted by Crippen LogP contribution is 2.22. The number of rotatable bonds is 7. The number of aliphatic hydroxyl groups is 1.